The van der Waals surface area contributed by atoms with Gasteiger partial charge in [-0.2, -0.15) is 5.26 Å². The number of rotatable bonds is 2. The van der Waals surface area contributed by atoms with Gasteiger partial charge in [-0.1, -0.05) is 0 Å². The number of benzene rings is 1. The second-order valence-corrected chi connectivity index (χ2v) is 8.24. The molecule has 0 aromatic heterocycles. The zero-order valence-corrected chi connectivity index (χ0v) is 17.1. The van der Waals surface area contributed by atoms with Crippen LogP contribution in [0.4, 0.5) is 16.2 Å². The Labute approximate surface area is 165 Å². The standard InChI is InChI=1S/C20H27N5O3/c1-20(2,3)28-19(26)25-7-6-24-11-15(25)12-27-18-9-16(22-13-23(4)5)14(10-21)8-17(18)24/h8-9,13,15H,6-7,11-12H2,1-5H3/t15-/m0/s1. The van der Waals surface area contributed by atoms with Gasteiger partial charge in [-0.05, 0) is 26.8 Å². The molecule has 1 saturated heterocycles. The summed E-state index contributed by atoms with van der Waals surface area (Å²) >= 11 is 0. The molecule has 2 aliphatic rings. The number of amides is 1. The normalized spacial score (nSPS) is 18.8. The monoisotopic (exact) mass is 385 g/mol. The number of aliphatic imine (C=N–C) groups is 1. The van der Waals surface area contributed by atoms with Gasteiger partial charge in [-0.25, -0.2) is 9.79 Å². The lowest BCUT2D eigenvalue weighted by atomic mass is 10.1. The lowest BCUT2D eigenvalue weighted by Crippen LogP contribution is -2.57. The first-order valence-electron chi connectivity index (χ1n) is 9.34. The lowest BCUT2D eigenvalue weighted by molar-refractivity contribution is 0.00975. The van der Waals surface area contributed by atoms with E-state index in [9.17, 15) is 10.1 Å². The van der Waals surface area contributed by atoms with Gasteiger partial charge < -0.3 is 19.3 Å². The van der Waals surface area contributed by atoms with Crippen LogP contribution in [-0.4, -0.2) is 74.2 Å². The van der Waals surface area contributed by atoms with Gasteiger partial charge in [-0.15, -0.1) is 0 Å². The molecule has 1 aromatic rings. The Morgan fingerprint density at radius 1 is 1.39 bits per heavy atom. The molecule has 1 fully saturated rings. The van der Waals surface area contributed by atoms with Crippen LogP contribution in [0.25, 0.3) is 0 Å². The number of anilines is 1. The third kappa shape index (κ3) is 4.30. The van der Waals surface area contributed by atoms with Crippen molar-refractivity contribution in [2.24, 2.45) is 4.99 Å². The van der Waals surface area contributed by atoms with E-state index in [0.29, 0.717) is 43.2 Å². The van der Waals surface area contributed by atoms with E-state index in [2.05, 4.69) is 16.0 Å². The first-order valence-corrected chi connectivity index (χ1v) is 9.34. The van der Waals surface area contributed by atoms with Crippen molar-refractivity contribution in [2.45, 2.75) is 32.4 Å². The summed E-state index contributed by atoms with van der Waals surface area (Å²) in [5.41, 5.74) is 1.39. The topological polar surface area (TPSA) is 81.4 Å². The van der Waals surface area contributed by atoms with Crippen LogP contribution in [0.2, 0.25) is 0 Å². The summed E-state index contributed by atoms with van der Waals surface area (Å²) in [5, 5.41) is 9.54. The Kier molecular flexibility index (Phi) is 5.36. The van der Waals surface area contributed by atoms with E-state index in [1.54, 1.807) is 17.3 Å². The Balaban J connectivity index is 1.86. The summed E-state index contributed by atoms with van der Waals surface area (Å²) in [7, 11) is 3.74. The van der Waals surface area contributed by atoms with Crippen molar-refractivity contribution in [1.82, 2.24) is 9.80 Å². The Hall–Kier alpha value is -2.95. The van der Waals surface area contributed by atoms with Gasteiger partial charge in [0.1, 0.15) is 24.0 Å². The quantitative estimate of drug-likeness (QED) is 0.575. The highest BCUT2D eigenvalue weighted by Crippen LogP contribution is 2.38. The second kappa shape index (κ2) is 7.58. The van der Waals surface area contributed by atoms with Crippen molar-refractivity contribution in [3.05, 3.63) is 17.7 Å². The predicted octanol–water partition coefficient (Wildman–Crippen LogP) is 2.60. The van der Waals surface area contributed by atoms with E-state index in [4.69, 9.17) is 9.47 Å². The molecule has 8 nitrogen and oxygen atoms in total. The van der Waals surface area contributed by atoms with Gasteiger partial charge in [0.25, 0.3) is 0 Å². The van der Waals surface area contributed by atoms with Gasteiger partial charge in [0.2, 0.25) is 0 Å². The summed E-state index contributed by atoms with van der Waals surface area (Å²) in [6.45, 7) is 7.78. The number of piperazine rings is 1. The largest absolute Gasteiger partial charge is 0.489 e. The maximum atomic E-state index is 12.6. The van der Waals surface area contributed by atoms with Crippen molar-refractivity contribution < 1.29 is 14.3 Å². The zero-order chi connectivity index (χ0) is 20.5. The molecule has 1 atom stereocenters. The average molecular weight is 385 g/mol. The van der Waals surface area contributed by atoms with Crippen molar-refractivity contribution in [1.29, 1.82) is 5.26 Å². The molecule has 3 rings (SSSR count). The molecule has 28 heavy (non-hydrogen) atoms. The van der Waals surface area contributed by atoms with E-state index in [0.717, 1.165) is 5.69 Å². The summed E-state index contributed by atoms with van der Waals surface area (Å²) in [6, 6.07) is 5.72. The third-order valence-corrected chi connectivity index (χ3v) is 4.51. The molecule has 1 amide bonds. The summed E-state index contributed by atoms with van der Waals surface area (Å²) in [5.74, 6) is 0.679. The molecular weight excluding hydrogens is 358 g/mol. The number of carbonyl (C=O) groups excluding carboxylic acids is 1. The second-order valence-electron chi connectivity index (χ2n) is 8.24. The molecule has 0 radical (unpaired) electrons. The van der Waals surface area contributed by atoms with E-state index in [1.165, 1.54) is 0 Å². The van der Waals surface area contributed by atoms with Crippen LogP contribution >= 0.6 is 0 Å². The maximum Gasteiger partial charge on any atom is 0.410 e. The number of carbonyl (C=O) groups is 1. The highest BCUT2D eigenvalue weighted by atomic mass is 16.6. The van der Waals surface area contributed by atoms with Gasteiger partial charge in [0, 0.05) is 39.8 Å². The molecule has 2 heterocycles. The van der Waals surface area contributed by atoms with Gasteiger partial charge in [-0.3, -0.25) is 4.90 Å². The highest BCUT2D eigenvalue weighted by molar-refractivity contribution is 5.74. The highest BCUT2D eigenvalue weighted by Gasteiger charge is 2.37. The van der Waals surface area contributed by atoms with Crippen LogP contribution in [0.1, 0.15) is 26.3 Å². The molecule has 1 aromatic carbocycles. The Morgan fingerprint density at radius 3 is 2.79 bits per heavy atom. The van der Waals surface area contributed by atoms with Crippen LogP contribution in [0.3, 0.4) is 0 Å². The first kappa shape index (κ1) is 19.8. The molecule has 8 heteroatoms. The minimum Gasteiger partial charge on any atom is -0.489 e. The van der Waals surface area contributed by atoms with E-state index >= 15 is 0 Å². The SMILES string of the molecule is CN(C)C=Nc1cc2c(cc1C#N)N1CCN(C(=O)OC(C)(C)C)[C@H](CO2)C1. The maximum absolute atomic E-state index is 12.6. The molecule has 2 bridgehead atoms. The molecule has 2 aliphatic heterocycles. The van der Waals surface area contributed by atoms with Crippen LogP contribution < -0.4 is 9.64 Å². The van der Waals surface area contributed by atoms with Crippen LogP contribution in [0.15, 0.2) is 17.1 Å². The lowest BCUT2D eigenvalue weighted by Gasteiger charge is -2.40. The predicted molar refractivity (Wildman–Crippen MR) is 107 cm³/mol. The Morgan fingerprint density at radius 2 is 2.14 bits per heavy atom. The molecule has 150 valence electrons. The summed E-state index contributed by atoms with van der Waals surface area (Å²) in [4.78, 5) is 22.7. The zero-order valence-electron chi connectivity index (χ0n) is 17.1. The molecule has 0 N–H and O–H groups in total. The summed E-state index contributed by atoms with van der Waals surface area (Å²) in [6.07, 6.45) is 1.34. The average Bonchev–Trinajstić information content (AvgIpc) is 2.74. The van der Waals surface area contributed by atoms with E-state index in [-0.39, 0.29) is 12.1 Å². The third-order valence-electron chi connectivity index (χ3n) is 4.51. The van der Waals surface area contributed by atoms with Crippen molar-refractivity contribution in [3.8, 4) is 11.8 Å². The number of hydrogen-bond acceptors (Lipinski definition) is 6. The smallest absolute Gasteiger partial charge is 0.410 e. The molecule has 0 saturated carbocycles. The fourth-order valence-electron chi connectivity index (χ4n) is 3.26. The summed E-state index contributed by atoms with van der Waals surface area (Å²) < 4.78 is 11.6. The van der Waals surface area contributed by atoms with Gasteiger partial charge in [0.15, 0.2) is 0 Å². The van der Waals surface area contributed by atoms with Crippen molar-refractivity contribution >= 4 is 23.8 Å². The first-order chi connectivity index (χ1) is 13.2. The number of ether oxygens (including phenoxy) is 2. The number of nitrogens with zero attached hydrogens (tertiary/aromatic N) is 5. The van der Waals surface area contributed by atoms with Gasteiger partial charge >= 0.3 is 6.09 Å². The number of nitriles is 1. The van der Waals surface area contributed by atoms with Crippen LogP contribution in [0.5, 0.6) is 5.75 Å². The van der Waals surface area contributed by atoms with E-state index in [1.807, 2.05) is 45.8 Å². The minimum atomic E-state index is -0.538. The number of fused-ring (bicyclic) bond motifs is 4. The molecular formula is C20H27N5O3. The minimum absolute atomic E-state index is 0.115. The fraction of sp³-hybridized carbons (Fsp3) is 0.550. The van der Waals surface area contributed by atoms with Crippen LogP contribution in [-0.2, 0) is 4.74 Å². The van der Waals surface area contributed by atoms with Gasteiger partial charge in [0.05, 0.1) is 29.3 Å². The molecule has 0 unspecified atom stereocenters. The van der Waals surface area contributed by atoms with Crippen LogP contribution in [0, 0.1) is 11.3 Å². The Bertz CT molecular complexity index is 822. The molecule has 0 spiro atoms. The number of hydrogen-bond donors (Lipinski definition) is 0. The van der Waals surface area contributed by atoms with E-state index < -0.39 is 5.60 Å². The fourth-order valence-corrected chi connectivity index (χ4v) is 3.26. The van der Waals surface area contributed by atoms with Crippen molar-refractivity contribution in [3.63, 3.8) is 0 Å². The molecule has 0 aliphatic carbocycles. The van der Waals surface area contributed by atoms with Crippen molar-refractivity contribution in [2.75, 3.05) is 45.2 Å².